The van der Waals surface area contributed by atoms with Gasteiger partial charge in [0.25, 0.3) is 0 Å². The normalized spacial score (nSPS) is 12.2. The third kappa shape index (κ3) is 3.84. The number of hydrogen-bond donors (Lipinski definition) is 2. The van der Waals surface area contributed by atoms with Gasteiger partial charge in [-0.2, -0.15) is 0 Å². The van der Waals surface area contributed by atoms with Crippen LogP contribution in [0, 0.1) is 12.7 Å². The van der Waals surface area contributed by atoms with Crippen molar-refractivity contribution in [1.82, 2.24) is 0 Å². The van der Waals surface area contributed by atoms with Crippen LogP contribution in [0.2, 0.25) is 0 Å². The molecular weight excluding hydrogens is 453 g/mol. The Kier molecular flexibility index (Phi) is 5.63. The number of rotatable bonds is 5. The fraction of sp³-hybridized carbons (Fsp3) is 0.111. The number of carboxylic acid groups (broad SMARTS) is 1. The highest BCUT2D eigenvalue weighted by Gasteiger charge is 2.30. The van der Waals surface area contributed by atoms with Crippen molar-refractivity contribution >= 4 is 28.4 Å². The smallest absolute Gasteiger partial charge is 0.412 e. The number of nitrogens with one attached hydrogen (secondary N) is 1. The lowest BCUT2D eigenvalue weighted by Gasteiger charge is -2.14. The molecule has 2 N–H and O–H groups in total. The fourth-order valence-electron chi connectivity index (χ4n) is 4.53. The molecule has 0 atom stereocenters. The van der Waals surface area contributed by atoms with E-state index < -0.39 is 17.9 Å². The molecule has 4 aromatic rings. The van der Waals surface area contributed by atoms with Crippen LogP contribution in [0.25, 0.3) is 22.3 Å². The Morgan fingerprint density at radius 1 is 0.971 bits per heavy atom. The van der Waals surface area contributed by atoms with Crippen molar-refractivity contribution in [2.75, 3.05) is 11.9 Å². The fourth-order valence-corrected chi connectivity index (χ4v) is 5.58. The number of hydrogen-bond acceptors (Lipinski definition) is 4. The second-order valence-corrected chi connectivity index (χ2v) is 9.22. The maximum Gasteiger partial charge on any atom is 0.412 e. The zero-order chi connectivity index (χ0) is 23.8. The molecule has 0 saturated carbocycles. The van der Waals surface area contributed by atoms with E-state index in [1.54, 1.807) is 6.92 Å². The van der Waals surface area contributed by atoms with E-state index in [0.717, 1.165) is 33.6 Å². The van der Waals surface area contributed by atoms with Gasteiger partial charge in [-0.25, -0.2) is 14.0 Å². The Labute approximate surface area is 199 Å². The maximum atomic E-state index is 13.4. The molecular formula is C27H20FNO4S. The summed E-state index contributed by atoms with van der Waals surface area (Å²) >= 11 is 1.15. The van der Waals surface area contributed by atoms with Gasteiger partial charge in [0.05, 0.1) is 0 Å². The highest BCUT2D eigenvalue weighted by molar-refractivity contribution is 7.17. The molecule has 1 heterocycles. The van der Waals surface area contributed by atoms with E-state index >= 15 is 0 Å². The first-order valence-electron chi connectivity index (χ1n) is 10.7. The zero-order valence-corrected chi connectivity index (χ0v) is 19.0. The Morgan fingerprint density at radius 2 is 1.56 bits per heavy atom. The van der Waals surface area contributed by atoms with Crippen LogP contribution in [0.5, 0.6) is 0 Å². The third-order valence-electron chi connectivity index (χ3n) is 5.99. The van der Waals surface area contributed by atoms with Crippen LogP contribution in [-0.4, -0.2) is 23.8 Å². The summed E-state index contributed by atoms with van der Waals surface area (Å²) in [5, 5.41) is 12.6. The van der Waals surface area contributed by atoms with E-state index in [1.165, 1.54) is 24.3 Å². The molecule has 0 saturated heterocycles. The van der Waals surface area contributed by atoms with Crippen LogP contribution in [0.3, 0.4) is 0 Å². The topological polar surface area (TPSA) is 75.6 Å². The van der Waals surface area contributed by atoms with Crippen LogP contribution in [-0.2, 0) is 4.74 Å². The van der Waals surface area contributed by atoms with Gasteiger partial charge >= 0.3 is 12.1 Å². The molecule has 34 heavy (non-hydrogen) atoms. The number of aryl methyl sites for hydroxylation is 1. The van der Waals surface area contributed by atoms with Crippen LogP contribution >= 0.6 is 11.3 Å². The molecule has 5 rings (SSSR count). The number of anilines is 1. The predicted octanol–water partition coefficient (Wildman–Crippen LogP) is 6.92. The van der Waals surface area contributed by atoms with E-state index in [1.807, 2.05) is 36.4 Å². The number of carbonyl (C=O) groups is 2. The molecule has 0 spiro atoms. The average Bonchev–Trinajstić information content (AvgIpc) is 3.32. The molecule has 0 unspecified atom stereocenters. The minimum absolute atomic E-state index is 0.0392. The minimum Gasteiger partial charge on any atom is -0.478 e. The SMILES string of the molecule is Cc1sc(NC(=O)OCC2c3ccccc3-c3ccccc32)c(C(=O)O)c1-c1ccc(F)cc1. The molecule has 0 fully saturated rings. The van der Waals surface area contributed by atoms with Crippen LogP contribution in [0.15, 0.2) is 72.8 Å². The molecule has 1 amide bonds. The summed E-state index contributed by atoms with van der Waals surface area (Å²) in [6.07, 6.45) is -0.726. The average molecular weight is 474 g/mol. The van der Waals surface area contributed by atoms with Crippen LogP contribution < -0.4 is 5.32 Å². The highest BCUT2D eigenvalue weighted by atomic mass is 32.1. The monoisotopic (exact) mass is 473 g/mol. The first-order chi connectivity index (χ1) is 16.4. The third-order valence-corrected chi connectivity index (χ3v) is 7.01. The Morgan fingerprint density at radius 3 is 2.15 bits per heavy atom. The summed E-state index contributed by atoms with van der Waals surface area (Å²) in [6.45, 7) is 1.89. The van der Waals surface area contributed by atoms with Gasteiger partial charge in [-0.05, 0) is 46.9 Å². The van der Waals surface area contributed by atoms with Gasteiger partial charge in [-0.3, -0.25) is 5.32 Å². The number of aromatic carboxylic acids is 1. The molecule has 5 nitrogen and oxygen atoms in total. The van der Waals surface area contributed by atoms with Gasteiger partial charge in [-0.1, -0.05) is 60.7 Å². The standard InChI is InChI=1S/C27H20FNO4S/c1-15-23(16-10-12-17(28)13-11-16)24(26(30)31)25(34-15)29-27(32)33-14-22-20-8-4-2-6-18(20)19-7-3-5-9-21(19)22/h2-13,22H,14H2,1H3,(H,29,32)(H,30,31). The summed E-state index contributed by atoms with van der Waals surface area (Å²) in [5.74, 6) is -1.69. The lowest BCUT2D eigenvalue weighted by molar-refractivity contribution is 0.0699. The highest BCUT2D eigenvalue weighted by Crippen LogP contribution is 2.45. The number of benzene rings is 3. The number of ether oxygens (including phenoxy) is 1. The molecule has 0 aliphatic heterocycles. The number of halogens is 1. The van der Waals surface area contributed by atoms with Crippen molar-refractivity contribution in [3.63, 3.8) is 0 Å². The van der Waals surface area contributed by atoms with Crippen molar-refractivity contribution in [3.05, 3.63) is 100 Å². The quantitative estimate of drug-likeness (QED) is 0.330. The summed E-state index contributed by atoms with van der Waals surface area (Å²) < 4.78 is 18.9. The van der Waals surface area contributed by atoms with E-state index in [9.17, 15) is 19.1 Å². The number of carboxylic acids is 1. The second kappa shape index (κ2) is 8.76. The largest absolute Gasteiger partial charge is 0.478 e. The van der Waals surface area contributed by atoms with Gasteiger partial charge < -0.3 is 9.84 Å². The first-order valence-corrected chi connectivity index (χ1v) is 11.5. The zero-order valence-electron chi connectivity index (χ0n) is 18.2. The molecule has 0 bridgehead atoms. The summed E-state index contributed by atoms with van der Waals surface area (Å²) in [7, 11) is 0. The van der Waals surface area contributed by atoms with Crippen LogP contribution in [0.1, 0.15) is 32.3 Å². The van der Waals surface area contributed by atoms with Gasteiger partial charge in [0.15, 0.2) is 0 Å². The van der Waals surface area contributed by atoms with Gasteiger partial charge in [0.2, 0.25) is 0 Å². The number of amides is 1. The van der Waals surface area contributed by atoms with Gasteiger partial charge in [-0.15, -0.1) is 11.3 Å². The molecule has 1 aromatic heterocycles. The van der Waals surface area contributed by atoms with E-state index in [-0.39, 0.29) is 23.1 Å². The molecule has 170 valence electrons. The lowest BCUT2D eigenvalue weighted by Crippen LogP contribution is -2.18. The number of carbonyl (C=O) groups excluding carboxylic acids is 1. The molecule has 1 aliphatic rings. The Hall–Kier alpha value is -3.97. The molecule has 1 aliphatic carbocycles. The van der Waals surface area contributed by atoms with E-state index in [0.29, 0.717) is 16.0 Å². The first kappa shape index (κ1) is 21.9. The van der Waals surface area contributed by atoms with Crippen molar-refractivity contribution in [3.8, 4) is 22.3 Å². The van der Waals surface area contributed by atoms with E-state index in [2.05, 4.69) is 17.4 Å². The van der Waals surface area contributed by atoms with Crippen molar-refractivity contribution in [2.45, 2.75) is 12.8 Å². The van der Waals surface area contributed by atoms with E-state index in [4.69, 9.17) is 4.74 Å². The minimum atomic E-state index is -1.18. The molecule has 0 radical (unpaired) electrons. The van der Waals surface area contributed by atoms with Crippen LogP contribution in [0.4, 0.5) is 14.2 Å². The maximum absolute atomic E-state index is 13.4. The summed E-state index contributed by atoms with van der Waals surface area (Å²) in [6, 6.07) is 21.6. The summed E-state index contributed by atoms with van der Waals surface area (Å²) in [4.78, 5) is 25.5. The van der Waals surface area contributed by atoms with Crippen molar-refractivity contribution < 1.29 is 23.8 Å². The summed E-state index contributed by atoms with van der Waals surface area (Å²) in [5.41, 5.74) is 5.40. The lowest BCUT2D eigenvalue weighted by atomic mass is 9.98. The van der Waals surface area contributed by atoms with Crippen molar-refractivity contribution in [1.29, 1.82) is 0 Å². The Bertz CT molecular complexity index is 1370. The van der Waals surface area contributed by atoms with Crippen molar-refractivity contribution in [2.24, 2.45) is 0 Å². The number of fused-ring (bicyclic) bond motifs is 3. The predicted molar refractivity (Wildman–Crippen MR) is 130 cm³/mol. The number of thiophene rings is 1. The van der Waals surface area contributed by atoms with Gasteiger partial charge in [0, 0.05) is 16.4 Å². The van der Waals surface area contributed by atoms with Gasteiger partial charge in [0.1, 0.15) is 23.0 Å². The second-order valence-electron chi connectivity index (χ2n) is 8.00. The molecule has 3 aromatic carbocycles. The molecule has 7 heteroatoms. The Balaban J connectivity index is 1.37.